The Labute approximate surface area is 135 Å². The SMILES string of the molecule is CC1(C)OCC(N)=N[C@]1(C)c1cc(NC(=O)C2CC2)ccc1F. The quantitative estimate of drug-likeness (QED) is 0.899. The van der Waals surface area contributed by atoms with E-state index in [1.54, 1.807) is 19.1 Å². The molecule has 23 heavy (non-hydrogen) atoms. The molecule has 1 saturated carbocycles. The Balaban J connectivity index is 2.00. The summed E-state index contributed by atoms with van der Waals surface area (Å²) in [6.07, 6.45) is 1.83. The zero-order valence-electron chi connectivity index (χ0n) is 13.6. The summed E-state index contributed by atoms with van der Waals surface area (Å²) >= 11 is 0. The predicted molar refractivity (Wildman–Crippen MR) is 86.8 cm³/mol. The van der Waals surface area contributed by atoms with Gasteiger partial charge in [-0.15, -0.1) is 0 Å². The maximum atomic E-state index is 14.5. The summed E-state index contributed by atoms with van der Waals surface area (Å²) in [7, 11) is 0. The van der Waals surface area contributed by atoms with Crippen LogP contribution in [-0.4, -0.2) is 24.0 Å². The standard InChI is InChI=1S/C17H22FN3O2/c1-16(2)17(3,21-14(19)9-23-16)12-8-11(6-7-13(12)18)20-15(22)10-4-5-10/h6-8,10H,4-5,9H2,1-3H3,(H2,19,21)(H,20,22)/t17-/m1/s1. The summed E-state index contributed by atoms with van der Waals surface area (Å²) in [4.78, 5) is 16.4. The number of hydrogen-bond acceptors (Lipinski definition) is 4. The molecule has 1 aliphatic carbocycles. The number of carbonyl (C=O) groups is 1. The van der Waals surface area contributed by atoms with E-state index in [1.807, 2.05) is 13.8 Å². The second-order valence-electron chi connectivity index (χ2n) is 6.93. The van der Waals surface area contributed by atoms with Crippen molar-refractivity contribution in [3.05, 3.63) is 29.6 Å². The molecule has 1 aliphatic heterocycles. The van der Waals surface area contributed by atoms with Crippen LogP contribution in [0, 0.1) is 11.7 Å². The van der Waals surface area contributed by atoms with Crippen LogP contribution in [0.3, 0.4) is 0 Å². The second kappa shape index (κ2) is 5.30. The van der Waals surface area contributed by atoms with Crippen molar-refractivity contribution in [1.29, 1.82) is 0 Å². The summed E-state index contributed by atoms with van der Waals surface area (Å²) in [5.74, 6) is 0.00257. The number of amidine groups is 1. The zero-order valence-corrected chi connectivity index (χ0v) is 13.6. The molecule has 0 unspecified atom stereocenters. The first-order valence-electron chi connectivity index (χ1n) is 7.82. The molecule has 0 bridgehead atoms. The van der Waals surface area contributed by atoms with Crippen LogP contribution in [0.25, 0.3) is 0 Å². The first kappa shape index (κ1) is 15.9. The van der Waals surface area contributed by atoms with Gasteiger partial charge in [0.2, 0.25) is 5.91 Å². The zero-order chi connectivity index (χ0) is 16.8. The number of benzene rings is 1. The van der Waals surface area contributed by atoms with E-state index < -0.39 is 17.0 Å². The molecule has 0 spiro atoms. The van der Waals surface area contributed by atoms with Gasteiger partial charge in [0.05, 0.1) is 5.60 Å². The topological polar surface area (TPSA) is 76.7 Å². The van der Waals surface area contributed by atoms with Gasteiger partial charge in [-0.25, -0.2) is 4.39 Å². The third kappa shape index (κ3) is 2.83. The predicted octanol–water partition coefficient (Wildman–Crippen LogP) is 2.56. The molecule has 6 heteroatoms. The number of ether oxygens (including phenoxy) is 1. The highest BCUT2D eigenvalue weighted by atomic mass is 19.1. The highest BCUT2D eigenvalue weighted by molar-refractivity contribution is 5.94. The molecule has 1 amide bonds. The van der Waals surface area contributed by atoms with Gasteiger partial charge < -0.3 is 15.8 Å². The Morgan fingerprint density at radius 3 is 2.74 bits per heavy atom. The lowest BCUT2D eigenvalue weighted by Crippen LogP contribution is -2.52. The van der Waals surface area contributed by atoms with Gasteiger partial charge in [0.25, 0.3) is 0 Å². The summed E-state index contributed by atoms with van der Waals surface area (Å²) < 4.78 is 20.3. The van der Waals surface area contributed by atoms with Crippen LogP contribution in [0.2, 0.25) is 0 Å². The van der Waals surface area contributed by atoms with Gasteiger partial charge in [-0.05, 0) is 51.8 Å². The van der Waals surface area contributed by atoms with Crippen molar-refractivity contribution in [1.82, 2.24) is 0 Å². The van der Waals surface area contributed by atoms with Gasteiger partial charge in [-0.1, -0.05) is 0 Å². The van der Waals surface area contributed by atoms with E-state index in [1.165, 1.54) is 6.07 Å². The average Bonchev–Trinajstić information content (AvgIpc) is 3.30. The van der Waals surface area contributed by atoms with E-state index in [2.05, 4.69) is 10.3 Å². The van der Waals surface area contributed by atoms with Gasteiger partial charge in [0.1, 0.15) is 23.8 Å². The van der Waals surface area contributed by atoms with E-state index >= 15 is 0 Å². The molecule has 1 aromatic carbocycles. The fourth-order valence-corrected chi connectivity index (χ4v) is 2.80. The Morgan fingerprint density at radius 2 is 2.09 bits per heavy atom. The van der Waals surface area contributed by atoms with Crippen LogP contribution < -0.4 is 11.1 Å². The van der Waals surface area contributed by atoms with Crippen molar-refractivity contribution in [2.24, 2.45) is 16.6 Å². The van der Waals surface area contributed by atoms with Crippen LogP contribution in [0.1, 0.15) is 39.2 Å². The number of rotatable bonds is 3. The number of nitrogens with zero attached hydrogens (tertiary/aromatic N) is 1. The number of nitrogens with one attached hydrogen (secondary N) is 1. The molecule has 1 fully saturated rings. The molecule has 3 rings (SSSR count). The second-order valence-corrected chi connectivity index (χ2v) is 6.93. The number of carbonyl (C=O) groups excluding carboxylic acids is 1. The number of amides is 1. The highest BCUT2D eigenvalue weighted by Crippen LogP contribution is 2.43. The molecular formula is C17H22FN3O2. The molecule has 3 N–H and O–H groups in total. The summed E-state index contributed by atoms with van der Waals surface area (Å²) in [5.41, 5.74) is 5.04. The average molecular weight is 319 g/mol. The molecule has 1 heterocycles. The van der Waals surface area contributed by atoms with Crippen molar-refractivity contribution in [3.63, 3.8) is 0 Å². The smallest absolute Gasteiger partial charge is 0.227 e. The van der Waals surface area contributed by atoms with E-state index in [4.69, 9.17) is 10.5 Å². The van der Waals surface area contributed by atoms with Crippen LogP contribution in [0.15, 0.2) is 23.2 Å². The Bertz CT molecular complexity index is 682. The van der Waals surface area contributed by atoms with Gasteiger partial charge in [0, 0.05) is 17.2 Å². The first-order chi connectivity index (χ1) is 10.7. The fraction of sp³-hybridized carbons (Fsp3) is 0.529. The number of hydrogen-bond donors (Lipinski definition) is 2. The molecule has 0 aromatic heterocycles. The summed E-state index contributed by atoms with van der Waals surface area (Å²) in [6.45, 7) is 5.74. The van der Waals surface area contributed by atoms with Crippen molar-refractivity contribution < 1.29 is 13.9 Å². The molecule has 1 atom stereocenters. The van der Waals surface area contributed by atoms with Crippen LogP contribution in [-0.2, 0) is 15.1 Å². The van der Waals surface area contributed by atoms with Crippen molar-refractivity contribution >= 4 is 17.4 Å². The lowest BCUT2D eigenvalue weighted by molar-refractivity contribution is -0.117. The van der Waals surface area contributed by atoms with E-state index in [-0.39, 0.29) is 18.4 Å². The first-order valence-corrected chi connectivity index (χ1v) is 7.82. The summed E-state index contributed by atoms with van der Waals surface area (Å²) in [5, 5.41) is 2.84. The third-order valence-corrected chi connectivity index (χ3v) is 4.83. The van der Waals surface area contributed by atoms with Gasteiger partial charge in [-0.3, -0.25) is 9.79 Å². The maximum absolute atomic E-state index is 14.5. The molecular weight excluding hydrogens is 297 g/mol. The minimum atomic E-state index is -0.972. The molecule has 0 saturated heterocycles. The van der Waals surface area contributed by atoms with E-state index in [0.29, 0.717) is 17.1 Å². The maximum Gasteiger partial charge on any atom is 0.227 e. The molecule has 2 aliphatic rings. The number of nitrogens with two attached hydrogens (primary N) is 1. The van der Waals surface area contributed by atoms with Crippen LogP contribution >= 0.6 is 0 Å². The fourth-order valence-electron chi connectivity index (χ4n) is 2.80. The Hall–Kier alpha value is -1.95. The Kier molecular flexibility index (Phi) is 3.67. The lowest BCUT2D eigenvalue weighted by Gasteiger charge is -2.44. The molecule has 5 nitrogen and oxygen atoms in total. The number of halogens is 1. The van der Waals surface area contributed by atoms with Gasteiger partial charge in [-0.2, -0.15) is 0 Å². The normalized spacial score (nSPS) is 26.5. The third-order valence-electron chi connectivity index (χ3n) is 4.83. The highest BCUT2D eigenvalue weighted by Gasteiger charge is 2.48. The summed E-state index contributed by atoms with van der Waals surface area (Å²) in [6, 6.07) is 4.54. The lowest BCUT2D eigenvalue weighted by atomic mass is 9.77. The van der Waals surface area contributed by atoms with Gasteiger partial charge in [0.15, 0.2) is 0 Å². The minimum absolute atomic E-state index is 0.0186. The van der Waals surface area contributed by atoms with E-state index in [0.717, 1.165) is 12.8 Å². The minimum Gasteiger partial charge on any atom is -0.386 e. The van der Waals surface area contributed by atoms with Crippen molar-refractivity contribution in [2.75, 3.05) is 11.9 Å². The van der Waals surface area contributed by atoms with Crippen LogP contribution in [0.5, 0.6) is 0 Å². The van der Waals surface area contributed by atoms with E-state index in [9.17, 15) is 9.18 Å². The largest absolute Gasteiger partial charge is 0.386 e. The van der Waals surface area contributed by atoms with Crippen molar-refractivity contribution in [3.8, 4) is 0 Å². The van der Waals surface area contributed by atoms with Crippen molar-refractivity contribution in [2.45, 2.75) is 44.8 Å². The number of anilines is 1. The number of aliphatic imine (C=N–C) groups is 1. The molecule has 0 radical (unpaired) electrons. The van der Waals surface area contributed by atoms with Crippen LogP contribution in [0.4, 0.5) is 10.1 Å². The van der Waals surface area contributed by atoms with Gasteiger partial charge >= 0.3 is 0 Å². The monoisotopic (exact) mass is 319 g/mol. The molecule has 1 aromatic rings. The molecule has 124 valence electrons. The Morgan fingerprint density at radius 1 is 1.39 bits per heavy atom.